The lowest BCUT2D eigenvalue weighted by molar-refractivity contribution is -0.159. The van der Waals surface area contributed by atoms with E-state index in [0.29, 0.717) is 0 Å². The Kier molecular flexibility index (Phi) is 6.18. The number of nitriles is 1. The van der Waals surface area contributed by atoms with Gasteiger partial charge in [0.2, 0.25) is 10.0 Å². The Bertz CT molecular complexity index is 1350. The van der Waals surface area contributed by atoms with Crippen molar-refractivity contribution in [2.75, 3.05) is 5.75 Å². The number of sulfonamides is 1. The SMILES string of the molecule is CCS(=O)(=O)N[C@@]12CCC(C)(C)C[C@H]1[C@H]1C(=O)C=C3[C@]4(C)C=C(C#N)C(=O)C(C)(C)[C@@H]4CC[C@@]3(C)[C@]1(C)CC2. The van der Waals surface area contributed by atoms with Gasteiger partial charge in [0.25, 0.3) is 0 Å². The summed E-state index contributed by atoms with van der Waals surface area (Å²) in [5.74, 6) is -0.325. The lowest BCUT2D eigenvalue weighted by Crippen LogP contribution is -2.69. The molecular formula is C32H46N2O4S. The van der Waals surface area contributed by atoms with Gasteiger partial charge < -0.3 is 0 Å². The number of nitrogens with zero attached hydrogens (tertiary/aromatic N) is 1. The van der Waals surface area contributed by atoms with Gasteiger partial charge in [-0.25, -0.2) is 13.1 Å². The molecule has 6 nitrogen and oxygen atoms in total. The van der Waals surface area contributed by atoms with Crippen LogP contribution in [0.4, 0.5) is 0 Å². The van der Waals surface area contributed by atoms with E-state index in [4.69, 9.17) is 0 Å². The summed E-state index contributed by atoms with van der Waals surface area (Å²) in [4.78, 5) is 27.7. The van der Waals surface area contributed by atoms with Crippen molar-refractivity contribution in [2.45, 2.75) is 106 Å². The highest BCUT2D eigenvalue weighted by Crippen LogP contribution is 2.73. The first kappa shape index (κ1) is 28.7. The van der Waals surface area contributed by atoms with E-state index in [1.54, 1.807) is 6.92 Å². The fraction of sp³-hybridized carbons (Fsp3) is 0.781. The number of carbonyl (C=O) groups is 2. The maximum absolute atomic E-state index is 14.5. The fourth-order valence-corrected chi connectivity index (χ4v) is 11.3. The van der Waals surface area contributed by atoms with Crippen LogP contribution in [-0.2, 0) is 19.6 Å². The van der Waals surface area contributed by atoms with E-state index in [9.17, 15) is 23.3 Å². The molecule has 0 heterocycles. The van der Waals surface area contributed by atoms with E-state index in [2.05, 4.69) is 45.4 Å². The molecule has 0 aromatic rings. The van der Waals surface area contributed by atoms with Crippen LogP contribution in [0.5, 0.6) is 0 Å². The van der Waals surface area contributed by atoms with E-state index >= 15 is 0 Å². The van der Waals surface area contributed by atoms with Crippen molar-refractivity contribution in [1.82, 2.24) is 4.72 Å². The smallest absolute Gasteiger partial charge is 0.211 e. The van der Waals surface area contributed by atoms with Gasteiger partial charge in [-0.1, -0.05) is 60.1 Å². The number of allylic oxidation sites excluding steroid dienone is 4. The number of ketones is 2. The maximum Gasteiger partial charge on any atom is 0.211 e. The molecule has 0 radical (unpaired) electrons. The first-order chi connectivity index (χ1) is 17.8. The summed E-state index contributed by atoms with van der Waals surface area (Å²) in [6.45, 7) is 16.8. The molecule has 0 spiro atoms. The standard InChI is InChI=1S/C32H46N2O4S/c1-9-39(37,38)34-32-14-12-27(2,3)18-21(32)25-22(35)16-24-29(6)17-20(19-33)26(36)28(4,5)23(29)10-11-30(24,7)31(25,8)13-15-32/h16-17,21,23,25,34H,9-15,18H2,1-8H3/t21-,23-,25-,29+,30+,31+,32+/m0/s1. The van der Waals surface area contributed by atoms with E-state index in [-0.39, 0.29) is 56.9 Å². The number of Topliss-reactive ketones (excluding diaryl/α,β-unsaturated/α-hetero) is 1. The molecule has 5 aliphatic carbocycles. The van der Waals surface area contributed by atoms with Crippen LogP contribution in [0, 0.1) is 56.2 Å². The minimum atomic E-state index is -3.45. The van der Waals surface area contributed by atoms with Gasteiger partial charge in [0, 0.05) is 22.3 Å². The number of fused-ring (bicyclic) bond motifs is 7. The van der Waals surface area contributed by atoms with Crippen LogP contribution >= 0.6 is 0 Å². The van der Waals surface area contributed by atoms with Gasteiger partial charge in [-0.05, 0) is 86.0 Å². The molecule has 0 aromatic heterocycles. The minimum absolute atomic E-state index is 0.00883. The van der Waals surface area contributed by atoms with Crippen molar-refractivity contribution in [3.63, 3.8) is 0 Å². The summed E-state index contributed by atoms with van der Waals surface area (Å²) in [5.41, 5.74) is -1.21. The topological polar surface area (TPSA) is 104 Å². The first-order valence-corrected chi connectivity index (χ1v) is 16.4. The quantitative estimate of drug-likeness (QED) is 0.468. The third-order valence-corrected chi connectivity index (χ3v) is 14.1. The third-order valence-electron chi connectivity index (χ3n) is 12.6. The van der Waals surface area contributed by atoms with Gasteiger partial charge in [-0.2, -0.15) is 5.26 Å². The summed E-state index contributed by atoms with van der Waals surface area (Å²) in [6, 6.07) is 2.17. The van der Waals surface area contributed by atoms with Crippen LogP contribution in [0.2, 0.25) is 0 Å². The van der Waals surface area contributed by atoms with Crippen molar-refractivity contribution in [1.29, 1.82) is 5.26 Å². The largest absolute Gasteiger partial charge is 0.295 e. The summed E-state index contributed by atoms with van der Waals surface area (Å²) in [5, 5.41) is 9.89. The van der Waals surface area contributed by atoms with E-state index in [1.165, 1.54) is 0 Å². The van der Waals surface area contributed by atoms with Gasteiger partial charge in [-0.3, -0.25) is 9.59 Å². The van der Waals surface area contributed by atoms with Gasteiger partial charge in [0.15, 0.2) is 11.6 Å². The van der Waals surface area contributed by atoms with Gasteiger partial charge in [0.05, 0.1) is 11.3 Å². The van der Waals surface area contributed by atoms with Gasteiger partial charge in [-0.15, -0.1) is 0 Å². The Morgan fingerprint density at radius 3 is 2.26 bits per heavy atom. The molecular weight excluding hydrogens is 508 g/mol. The predicted molar refractivity (Wildman–Crippen MR) is 152 cm³/mol. The normalized spacial score (nSPS) is 44.5. The molecule has 0 aliphatic heterocycles. The molecule has 7 heteroatoms. The lowest BCUT2D eigenvalue weighted by atomic mass is 9.35. The molecule has 0 unspecified atom stereocenters. The predicted octanol–water partition coefficient (Wildman–Crippen LogP) is 5.90. The summed E-state index contributed by atoms with van der Waals surface area (Å²) in [6.07, 6.45) is 9.44. The molecule has 214 valence electrons. The van der Waals surface area contributed by atoms with Gasteiger partial charge >= 0.3 is 0 Å². The van der Waals surface area contributed by atoms with Crippen LogP contribution in [0.1, 0.15) is 100 Å². The highest BCUT2D eigenvalue weighted by Gasteiger charge is 2.70. The minimum Gasteiger partial charge on any atom is -0.295 e. The van der Waals surface area contributed by atoms with Crippen LogP contribution in [-0.4, -0.2) is 31.3 Å². The van der Waals surface area contributed by atoms with E-state index in [0.717, 1.165) is 50.5 Å². The third kappa shape index (κ3) is 3.76. The van der Waals surface area contributed by atoms with Crippen LogP contribution in [0.3, 0.4) is 0 Å². The Labute approximate surface area is 235 Å². The Morgan fingerprint density at radius 1 is 1.00 bits per heavy atom. The summed E-state index contributed by atoms with van der Waals surface area (Å²) in [7, 11) is -3.45. The summed E-state index contributed by atoms with van der Waals surface area (Å²) < 4.78 is 29.1. The number of hydrogen-bond donors (Lipinski definition) is 1. The maximum atomic E-state index is 14.5. The Hall–Kier alpha value is -1.78. The molecule has 0 bridgehead atoms. The highest BCUT2D eigenvalue weighted by atomic mass is 32.2. The molecule has 5 aliphatic rings. The molecule has 5 rings (SSSR count). The van der Waals surface area contributed by atoms with Crippen molar-refractivity contribution in [3.8, 4) is 6.07 Å². The number of carbonyl (C=O) groups excluding carboxylic acids is 2. The number of rotatable bonds is 3. The van der Waals surface area contributed by atoms with Gasteiger partial charge in [0.1, 0.15) is 6.07 Å². The van der Waals surface area contributed by atoms with Crippen molar-refractivity contribution in [2.24, 2.45) is 44.8 Å². The second kappa shape index (κ2) is 8.38. The molecule has 39 heavy (non-hydrogen) atoms. The average Bonchev–Trinajstić information content (AvgIpc) is 2.83. The highest BCUT2D eigenvalue weighted by molar-refractivity contribution is 7.89. The molecule has 0 aromatic carbocycles. The van der Waals surface area contributed by atoms with Crippen molar-refractivity contribution >= 4 is 21.6 Å². The Balaban J connectivity index is 1.69. The molecule has 0 saturated heterocycles. The molecule has 0 amide bonds. The van der Waals surface area contributed by atoms with Crippen LogP contribution in [0.15, 0.2) is 23.3 Å². The monoisotopic (exact) mass is 554 g/mol. The number of nitrogens with one attached hydrogen (secondary N) is 1. The Morgan fingerprint density at radius 2 is 1.64 bits per heavy atom. The van der Waals surface area contributed by atoms with E-state index < -0.39 is 26.4 Å². The van der Waals surface area contributed by atoms with Crippen LogP contribution < -0.4 is 4.72 Å². The van der Waals surface area contributed by atoms with Crippen molar-refractivity contribution in [3.05, 3.63) is 23.3 Å². The zero-order valence-corrected chi connectivity index (χ0v) is 25.8. The zero-order chi connectivity index (χ0) is 29.0. The molecule has 7 atom stereocenters. The fourth-order valence-electron chi connectivity index (χ4n) is 10.2. The first-order valence-electron chi connectivity index (χ1n) is 14.8. The summed E-state index contributed by atoms with van der Waals surface area (Å²) >= 11 is 0. The molecule has 3 fully saturated rings. The average molecular weight is 555 g/mol. The molecule has 3 saturated carbocycles. The van der Waals surface area contributed by atoms with Crippen molar-refractivity contribution < 1.29 is 18.0 Å². The number of hydrogen-bond acceptors (Lipinski definition) is 5. The van der Waals surface area contributed by atoms with E-state index in [1.807, 2.05) is 26.0 Å². The second-order valence-corrected chi connectivity index (χ2v) is 17.4. The zero-order valence-electron chi connectivity index (χ0n) is 25.0. The lowest BCUT2D eigenvalue weighted by Gasteiger charge is -2.69. The molecule has 1 N–H and O–H groups in total. The van der Waals surface area contributed by atoms with Crippen LogP contribution in [0.25, 0.3) is 0 Å². The second-order valence-electron chi connectivity index (χ2n) is 15.4.